The summed E-state index contributed by atoms with van der Waals surface area (Å²) in [5.74, 6) is -3.57. The predicted molar refractivity (Wildman–Crippen MR) is 44.6 cm³/mol. The Balaban J connectivity index is 3.31. The first kappa shape index (κ1) is 12.7. The van der Waals surface area contributed by atoms with Crippen LogP contribution in [-0.2, 0) is 0 Å². The molecular weight excluding hydrogens is 249 g/mol. The molecule has 0 bridgehead atoms. The van der Waals surface area contributed by atoms with Crippen LogP contribution in [0.4, 0.5) is 19.0 Å². The lowest BCUT2D eigenvalue weighted by molar-refractivity contribution is -0.391. The average Bonchev–Trinajstić information content (AvgIpc) is 2.17. The van der Waals surface area contributed by atoms with Gasteiger partial charge in [-0.2, -0.15) is 0 Å². The third kappa shape index (κ3) is 3.03. The quantitative estimate of drug-likeness (QED) is 0.495. The SMILES string of the molecule is O=Cc1cc(O)c([N+](=O)[O-])nc1OC(F)(F)F. The summed E-state index contributed by atoms with van der Waals surface area (Å²) in [6.45, 7) is 0. The zero-order valence-electron chi connectivity index (χ0n) is 7.76. The molecule has 0 saturated carbocycles. The van der Waals surface area contributed by atoms with E-state index in [1.807, 2.05) is 0 Å². The fraction of sp³-hybridized carbons (Fsp3) is 0.143. The smallest absolute Gasteiger partial charge is 0.501 e. The lowest BCUT2D eigenvalue weighted by atomic mass is 10.3. The number of hydrogen-bond donors (Lipinski definition) is 1. The van der Waals surface area contributed by atoms with Gasteiger partial charge in [0.2, 0.25) is 5.75 Å². The highest BCUT2D eigenvalue weighted by Crippen LogP contribution is 2.31. The number of carbonyl (C=O) groups excluding carboxylic acids is 1. The molecule has 10 heteroatoms. The standard InChI is InChI=1S/C7H3F3N2O5/c8-7(9,10)17-6-3(2-13)1-4(14)5(11-6)12(15)16/h1-2,14H. The second-order valence-electron chi connectivity index (χ2n) is 2.65. The van der Waals surface area contributed by atoms with E-state index in [0.717, 1.165) is 0 Å². The van der Waals surface area contributed by atoms with Crippen molar-refractivity contribution in [2.24, 2.45) is 0 Å². The largest absolute Gasteiger partial charge is 0.575 e. The van der Waals surface area contributed by atoms with E-state index in [4.69, 9.17) is 5.11 Å². The van der Waals surface area contributed by atoms with Gasteiger partial charge < -0.3 is 20.0 Å². The number of aldehydes is 1. The third-order valence-electron chi connectivity index (χ3n) is 1.49. The van der Waals surface area contributed by atoms with Crippen molar-refractivity contribution in [3.05, 3.63) is 21.7 Å². The monoisotopic (exact) mass is 252 g/mol. The molecular formula is C7H3F3N2O5. The summed E-state index contributed by atoms with van der Waals surface area (Å²) >= 11 is 0. The van der Waals surface area contributed by atoms with Crippen LogP contribution in [0, 0.1) is 10.1 Å². The van der Waals surface area contributed by atoms with E-state index in [1.165, 1.54) is 0 Å². The first-order valence-electron chi connectivity index (χ1n) is 3.84. The van der Waals surface area contributed by atoms with Crippen molar-refractivity contribution in [2.75, 3.05) is 0 Å². The Bertz CT molecular complexity index is 473. The highest BCUT2D eigenvalue weighted by molar-refractivity contribution is 5.79. The predicted octanol–water partition coefficient (Wildman–Crippen LogP) is 1.41. The van der Waals surface area contributed by atoms with Crippen LogP contribution >= 0.6 is 0 Å². The van der Waals surface area contributed by atoms with E-state index in [0.29, 0.717) is 6.07 Å². The van der Waals surface area contributed by atoms with Crippen LogP contribution in [0.25, 0.3) is 0 Å². The molecule has 1 aromatic heterocycles. The van der Waals surface area contributed by atoms with Crippen molar-refractivity contribution >= 4 is 12.1 Å². The normalized spacial score (nSPS) is 11.0. The topological polar surface area (TPSA) is 103 Å². The Hall–Kier alpha value is -2.39. The summed E-state index contributed by atoms with van der Waals surface area (Å²) in [7, 11) is 0. The van der Waals surface area contributed by atoms with Crippen molar-refractivity contribution in [3.8, 4) is 11.6 Å². The van der Waals surface area contributed by atoms with E-state index in [9.17, 15) is 28.1 Å². The molecule has 0 amide bonds. The minimum absolute atomic E-state index is 0.0858. The highest BCUT2D eigenvalue weighted by atomic mass is 19.4. The molecule has 0 radical (unpaired) electrons. The van der Waals surface area contributed by atoms with Crippen molar-refractivity contribution in [1.82, 2.24) is 4.98 Å². The van der Waals surface area contributed by atoms with Crippen molar-refractivity contribution in [2.45, 2.75) is 6.36 Å². The number of aromatic hydroxyl groups is 1. The second-order valence-corrected chi connectivity index (χ2v) is 2.65. The number of nitrogens with zero attached hydrogens (tertiary/aromatic N) is 2. The molecule has 0 saturated heterocycles. The number of hydrogen-bond acceptors (Lipinski definition) is 6. The van der Waals surface area contributed by atoms with Gasteiger partial charge in [0.25, 0.3) is 0 Å². The van der Waals surface area contributed by atoms with Crippen LogP contribution in [0.15, 0.2) is 6.07 Å². The first-order valence-corrected chi connectivity index (χ1v) is 3.84. The van der Waals surface area contributed by atoms with Gasteiger partial charge in [-0.1, -0.05) is 0 Å². The van der Waals surface area contributed by atoms with Gasteiger partial charge in [-0.15, -0.1) is 13.2 Å². The van der Waals surface area contributed by atoms with Crippen LogP contribution in [0.1, 0.15) is 10.4 Å². The van der Waals surface area contributed by atoms with Gasteiger partial charge in [0.1, 0.15) is 5.56 Å². The number of ether oxygens (including phenoxy) is 1. The summed E-state index contributed by atoms with van der Waals surface area (Å²) < 4.78 is 39.0. The lowest BCUT2D eigenvalue weighted by Gasteiger charge is -2.06. The van der Waals surface area contributed by atoms with E-state index in [2.05, 4.69) is 9.72 Å². The Kier molecular flexibility index (Phi) is 3.16. The Labute approximate surface area is 90.6 Å². The van der Waals surface area contributed by atoms with Crippen LogP contribution in [-0.4, -0.2) is 27.7 Å². The summed E-state index contributed by atoms with van der Waals surface area (Å²) in [5.41, 5.74) is -0.759. The van der Waals surface area contributed by atoms with Crippen LogP contribution in [0.2, 0.25) is 0 Å². The average molecular weight is 252 g/mol. The van der Waals surface area contributed by atoms with Gasteiger partial charge in [-0.25, -0.2) is 0 Å². The maximum absolute atomic E-state index is 11.9. The molecule has 0 aromatic carbocycles. The number of pyridine rings is 1. The molecule has 1 rings (SSSR count). The zero-order chi connectivity index (χ0) is 13.2. The van der Waals surface area contributed by atoms with Crippen LogP contribution in [0.5, 0.6) is 11.6 Å². The molecule has 0 unspecified atom stereocenters. The number of alkyl halides is 3. The Morgan fingerprint density at radius 2 is 2.12 bits per heavy atom. The van der Waals surface area contributed by atoms with Crippen LogP contribution < -0.4 is 4.74 Å². The summed E-state index contributed by atoms with van der Waals surface area (Å²) in [4.78, 5) is 22.3. The number of rotatable bonds is 3. The molecule has 0 aliphatic carbocycles. The fourth-order valence-electron chi connectivity index (χ4n) is 0.902. The summed E-state index contributed by atoms with van der Waals surface area (Å²) in [6, 6.07) is 0.458. The van der Waals surface area contributed by atoms with Gasteiger partial charge in [0.05, 0.1) is 0 Å². The number of carbonyl (C=O) groups is 1. The van der Waals surface area contributed by atoms with E-state index >= 15 is 0 Å². The molecule has 0 spiro atoms. The van der Waals surface area contributed by atoms with Gasteiger partial charge >= 0.3 is 18.1 Å². The number of aromatic nitrogens is 1. The molecule has 1 heterocycles. The van der Waals surface area contributed by atoms with Crippen molar-refractivity contribution < 1.29 is 32.7 Å². The van der Waals surface area contributed by atoms with E-state index in [-0.39, 0.29) is 6.29 Å². The Morgan fingerprint density at radius 3 is 2.53 bits per heavy atom. The maximum Gasteiger partial charge on any atom is 0.575 e. The molecule has 0 atom stereocenters. The molecule has 17 heavy (non-hydrogen) atoms. The minimum Gasteiger partial charge on any atom is -0.501 e. The third-order valence-corrected chi connectivity index (χ3v) is 1.49. The second kappa shape index (κ2) is 4.23. The number of nitro groups is 1. The first-order chi connectivity index (χ1) is 7.74. The lowest BCUT2D eigenvalue weighted by Crippen LogP contribution is -2.19. The Morgan fingerprint density at radius 1 is 1.53 bits per heavy atom. The summed E-state index contributed by atoms with van der Waals surface area (Å²) in [5, 5.41) is 19.3. The van der Waals surface area contributed by atoms with Gasteiger partial charge in [0.15, 0.2) is 6.29 Å². The minimum atomic E-state index is -5.16. The van der Waals surface area contributed by atoms with Gasteiger partial charge in [0, 0.05) is 11.1 Å². The van der Waals surface area contributed by atoms with E-state index < -0.39 is 34.3 Å². The molecule has 1 aromatic rings. The molecule has 7 nitrogen and oxygen atoms in total. The van der Waals surface area contributed by atoms with Gasteiger partial charge in [-0.05, 0) is 4.92 Å². The van der Waals surface area contributed by atoms with Crippen molar-refractivity contribution in [1.29, 1.82) is 0 Å². The van der Waals surface area contributed by atoms with Crippen molar-refractivity contribution in [3.63, 3.8) is 0 Å². The molecule has 0 aliphatic heterocycles. The molecule has 92 valence electrons. The zero-order valence-corrected chi connectivity index (χ0v) is 7.76. The number of halogens is 3. The molecule has 1 N–H and O–H groups in total. The van der Waals surface area contributed by atoms with Gasteiger partial charge in [-0.3, -0.25) is 4.79 Å². The summed E-state index contributed by atoms with van der Waals surface area (Å²) in [6.07, 6.45) is -5.24. The maximum atomic E-state index is 11.9. The fourth-order valence-corrected chi connectivity index (χ4v) is 0.902. The van der Waals surface area contributed by atoms with Crippen LogP contribution in [0.3, 0.4) is 0 Å². The van der Waals surface area contributed by atoms with E-state index in [1.54, 1.807) is 0 Å². The molecule has 0 aliphatic rings. The molecule has 0 fully saturated rings. The highest BCUT2D eigenvalue weighted by Gasteiger charge is 2.36.